The number of nitrogens with zero attached hydrogens (tertiary/aromatic N) is 3. The molecule has 0 saturated carbocycles. The summed E-state index contributed by atoms with van der Waals surface area (Å²) in [5.41, 5.74) is 1.29. The van der Waals surface area contributed by atoms with Gasteiger partial charge in [0, 0.05) is 26.2 Å². The minimum absolute atomic E-state index is 0.0158. The number of nitro groups is 1. The van der Waals surface area contributed by atoms with Crippen molar-refractivity contribution in [1.29, 1.82) is 0 Å². The number of thioether (sulfide) groups is 1. The molecule has 8 nitrogen and oxygen atoms in total. The molecule has 0 N–H and O–H groups in total. The van der Waals surface area contributed by atoms with Crippen LogP contribution in [-0.4, -0.2) is 41.6 Å². The van der Waals surface area contributed by atoms with Gasteiger partial charge in [0.25, 0.3) is 11.6 Å². The van der Waals surface area contributed by atoms with Gasteiger partial charge in [0.1, 0.15) is 6.61 Å². The average Bonchev–Trinajstić information content (AvgIpc) is 3.01. The third kappa shape index (κ3) is 5.18. The Hall–Kier alpha value is -3.04. The normalized spacial score (nSPS) is 16.3. The molecule has 31 heavy (non-hydrogen) atoms. The summed E-state index contributed by atoms with van der Waals surface area (Å²) in [7, 11) is 3.30. The number of hydrogen-bond donors (Lipinski definition) is 0. The number of amidine groups is 1. The maximum absolute atomic E-state index is 12.4. The van der Waals surface area contributed by atoms with E-state index in [0.29, 0.717) is 44.3 Å². The Morgan fingerprint density at radius 2 is 2.06 bits per heavy atom. The van der Waals surface area contributed by atoms with Gasteiger partial charge in [0.2, 0.25) is 0 Å². The van der Waals surface area contributed by atoms with E-state index in [1.165, 1.54) is 28.8 Å². The van der Waals surface area contributed by atoms with Gasteiger partial charge >= 0.3 is 0 Å². The van der Waals surface area contributed by atoms with Crippen LogP contribution in [0.4, 0.5) is 5.69 Å². The Morgan fingerprint density at radius 1 is 1.29 bits per heavy atom. The fourth-order valence-corrected chi connectivity index (χ4v) is 4.09. The fraction of sp³-hybridized carbons (Fsp3) is 0.238. The van der Waals surface area contributed by atoms with Crippen LogP contribution in [0.1, 0.15) is 18.1 Å². The first-order valence-corrected chi connectivity index (χ1v) is 10.5. The summed E-state index contributed by atoms with van der Waals surface area (Å²) in [6, 6.07) is 9.59. The van der Waals surface area contributed by atoms with Gasteiger partial charge in [-0.25, -0.2) is 0 Å². The van der Waals surface area contributed by atoms with Crippen molar-refractivity contribution in [2.75, 3.05) is 20.7 Å². The van der Waals surface area contributed by atoms with Gasteiger partial charge in [0.15, 0.2) is 16.7 Å². The number of non-ortho nitro benzene ring substituents is 1. The molecule has 1 heterocycles. The Bertz CT molecular complexity index is 1090. The maximum Gasteiger partial charge on any atom is 0.269 e. The monoisotopic (exact) mass is 461 g/mol. The lowest BCUT2D eigenvalue weighted by molar-refractivity contribution is -0.384. The summed E-state index contributed by atoms with van der Waals surface area (Å²) >= 11 is 7.74. The highest BCUT2D eigenvalue weighted by Gasteiger charge is 2.29. The molecule has 1 fully saturated rings. The first-order chi connectivity index (χ1) is 14.8. The summed E-state index contributed by atoms with van der Waals surface area (Å²) in [6.45, 7) is 2.29. The van der Waals surface area contributed by atoms with Crippen LogP contribution in [0.5, 0.6) is 11.5 Å². The van der Waals surface area contributed by atoms with Crippen LogP contribution < -0.4 is 9.47 Å². The van der Waals surface area contributed by atoms with Crippen LogP contribution in [-0.2, 0) is 11.4 Å². The van der Waals surface area contributed by atoms with E-state index in [0.717, 1.165) is 0 Å². The first-order valence-electron chi connectivity index (χ1n) is 9.31. The van der Waals surface area contributed by atoms with Gasteiger partial charge in [0.05, 0.1) is 21.5 Å². The predicted molar refractivity (Wildman–Crippen MR) is 122 cm³/mol. The third-order valence-corrected chi connectivity index (χ3v) is 5.76. The van der Waals surface area contributed by atoms with E-state index in [4.69, 9.17) is 21.1 Å². The fourth-order valence-electron chi connectivity index (χ4n) is 2.89. The summed E-state index contributed by atoms with van der Waals surface area (Å²) in [6.07, 6.45) is 1.72. The highest BCUT2D eigenvalue weighted by atomic mass is 35.5. The molecule has 0 atom stereocenters. The van der Waals surface area contributed by atoms with Crippen molar-refractivity contribution in [2.45, 2.75) is 13.5 Å². The number of aliphatic imine (C=N–C) groups is 1. The third-order valence-electron chi connectivity index (χ3n) is 4.33. The van der Waals surface area contributed by atoms with Crippen LogP contribution in [0.3, 0.4) is 0 Å². The first kappa shape index (κ1) is 22.6. The molecular formula is C21H20ClN3O5S. The molecule has 0 spiro atoms. The van der Waals surface area contributed by atoms with E-state index in [2.05, 4.69) is 4.99 Å². The zero-order chi connectivity index (χ0) is 22.5. The number of nitro benzene ring substituents is 1. The lowest BCUT2D eigenvalue weighted by atomic mass is 10.1. The number of halogens is 1. The Kier molecular flexibility index (Phi) is 7.19. The number of carbonyl (C=O) groups is 1. The predicted octanol–water partition coefficient (Wildman–Crippen LogP) is 4.76. The van der Waals surface area contributed by atoms with E-state index in [9.17, 15) is 14.9 Å². The molecule has 0 radical (unpaired) electrons. The van der Waals surface area contributed by atoms with E-state index < -0.39 is 4.92 Å². The molecule has 3 rings (SSSR count). The van der Waals surface area contributed by atoms with E-state index in [1.807, 2.05) is 6.92 Å². The molecular weight excluding hydrogens is 442 g/mol. The summed E-state index contributed by atoms with van der Waals surface area (Å²) in [4.78, 5) is 29.0. The Morgan fingerprint density at radius 3 is 2.71 bits per heavy atom. The molecule has 0 aromatic heterocycles. The number of ether oxygens (including phenoxy) is 2. The zero-order valence-electron chi connectivity index (χ0n) is 17.1. The molecule has 0 bridgehead atoms. The maximum atomic E-state index is 12.4. The molecule has 10 heteroatoms. The van der Waals surface area contributed by atoms with Crippen molar-refractivity contribution in [3.05, 3.63) is 67.6 Å². The highest BCUT2D eigenvalue weighted by molar-refractivity contribution is 8.18. The van der Waals surface area contributed by atoms with Gasteiger partial charge in [-0.15, -0.1) is 0 Å². The van der Waals surface area contributed by atoms with Crippen LogP contribution in [0.25, 0.3) is 6.08 Å². The average molecular weight is 462 g/mol. The van der Waals surface area contributed by atoms with Crippen molar-refractivity contribution in [2.24, 2.45) is 4.99 Å². The number of benzene rings is 2. The molecule has 1 amide bonds. The van der Waals surface area contributed by atoms with Crippen molar-refractivity contribution in [1.82, 2.24) is 4.90 Å². The SMILES string of the molecule is CCOc1cc(/C=C2\SC(=NC)N(C)C2=O)cc(Cl)c1OCc1cccc([N+](=O)[O-])c1. The minimum Gasteiger partial charge on any atom is -0.490 e. The number of amides is 1. The van der Waals surface area contributed by atoms with Crippen molar-refractivity contribution < 1.29 is 19.2 Å². The molecule has 0 unspecified atom stereocenters. The smallest absolute Gasteiger partial charge is 0.269 e. The second-order valence-electron chi connectivity index (χ2n) is 6.46. The quantitative estimate of drug-likeness (QED) is 0.335. The second-order valence-corrected chi connectivity index (χ2v) is 7.88. The number of likely N-dealkylation sites (N-methyl/N-ethyl adjacent to an activating group) is 1. The number of hydrogen-bond acceptors (Lipinski definition) is 7. The minimum atomic E-state index is -0.460. The summed E-state index contributed by atoms with van der Waals surface area (Å²) in [5, 5.41) is 11.9. The second kappa shape index (κ2) is 9.84. The van der Waals surface area contributed by atoms with Crippen LogP contribution in [0.2, 0.25) is 5.02 Å². The van der Waals surface area contributed by atoms with E-state index in [-0.39, 0.29) is 18.2 Å². The standard InChI is InChI=1S/C21H20ClN3O5S/c1-4-29-17-10-14(11-18-20(26)24(3)21(23-2)31-18)9-16(22)19(17)30-12-13-6-5-7-15(8-13)25(27)28/h5-11H,4,12H2,1-3H3/b18-11-,23-21?. The molecule has 1 saturated heterocycles. The van der Waals surface area contributed by atoms with Gasteiger partial charge in [-0.1, -0.05) is 23.7 Å². The number of carbonyl (C=O) groups excluding carboxylic acids is 1. The Labute approximate surface area is 188 Å². The number of rotatable bonds is 7. The molecule has 2 aromatic rings. The van der Waals surface area contributed by atoms with Crippen molar-refractivity contribution in [3.8, 4) is 11.5 Å². The zero-order valence-corrected chi connectivity index (χ0v) is 18.7. The van der Waals surface area contributed by atoms with E-state index >= 15 is 0 Å². The van der Waals surface area contributed by atoms with Crippen molar-refractivity contribution >= 4 is 46.2 Å². The molecule has 1 aliphatic heterocycles. The van der Waals surface area contributed by atoms with Gasteiger partial charge in [-0.3, -0.25) is 24.8 Å². The molecule has 2 aromatic carbocycles. The van der Waals surface area contributed by atoms with Gasteiger partial charge < -0.3 is 9.47 Å². The largest absolute Gasteiger partial charge is 0.490 e. The summed E-state index contributed by atoms with van der Waals surface area (Å²) < 4.78 is 11.5. The van der Waals surface area contributed by atoms with Crippen LogP contribution in [0, 0.1) is 10.1 Å². The topological polar surface area (TPSA) is 94.3 Å². The molecule has 162 valence electrons. The van der Waals surface area contributed by atoms with Gasteiger partial charge in [-0.2, -0.15) is 0 Å². The lowest BCUT2D eigenvalue weighted by Gasteiger charge is -2.14. The highest BCUT2D eigenvalue weighted by Crippen LogP contribution is 2.39. The van der Waals surface area contributed by atoms with Gasteiger partial charge in [-0.05, 0) is 48.0 Å². The van der Waals surface area contributed by atoms with Crippen LogP contribution in [0.15, 0.2) is 46.3 Å². The molecule has 0 aliphatic carbocycles. The lowest BCUT2D eigenvalue weighted by Crippen LogP contribution is -2.23. The van der Waals surface area contributed by atoms with Crippen molar-refractivity contribution in [3.63, 3.8) is 0 Å². The summed E-state index contributed by atoms with van der Waals surface area (Å²) in [5.74, 6) is 0.599. The Balaban J connectivity index is 1.87. The van der Waals surface area contributed by atoms with E-state index in [1.54, 1.807) is 44.4 Å². The molecule has 1 aliphatic rings. The van der Waals surface area contributed by atoms with Crippen LogP contribution >= 0.6 is 23.4 Å².